The molecule has 1 amide bonds. The molecule has 1 fully saturated rings. The Morgan fingerprint density at radius 2 is 2.10 bits per heavy atom. The average Bonchev–Trinajstić information content (AvgIpc) is 3.37. The van der Waals surface area contributed by atoms with E-state index in [1.165, 1.54) is 27.6 Å². The molecule has 1 aliphatic rings. The van der Waals surface area contributed by atoms with E-state index in [-0.39, 0.29) is 30.6 Å². The zero-order valence-electron chi connectivity index (χ0n) is 16.8. The van der Waals surface area contributed by atoms with Gasteiger partial charge in [0.1, 0.15) is 0 Å². The van der Waals surface area contributed by atoms with Crippen molar-refractivity contribution in [2.24, 2.45) is 0 Å². The van der Waals surface area contributed by atoms with Gasteiger partial charge in [-0.05, 0) is 44.7 Å². The molecule has 0 aliphatic carbocycles. The number of nitrogens with zero attached hydrogens (tertiary/aromatic N) is 2. The molecular formula is C21H24N2O4S2. The maximum absolute atomic E-state index is 13.0. The molecule has 1 aliphatic heterocycles. The molecule has 0 atom stereocenters. The van der Waals surface area contributed by atoms with Gasteiger partial charge in [-0.25, -0.2) is 4.79 Å². The first-order chi connectivity index (χ1) is 13.9. The number of aromatic nitrogens is 1. The minimum absolute atomic E-state index is 0.0771. The normalized spacial score (nSPS) is 15.3. The van der Waals surface area contributed by atoms with Gasteiger partial charge in [-0.3, -0.25) is 14.5 Å². The maximum Gasteiger partial charge on any atom is 0.333 e. The zero-order valence-corrected chi connectivity index (χ0v) is 18.4. The lowest BCUT2D eigenvalue weighted by Crippen LogP contribution is -2.31. The van der Waals surface area contributed by atoms with E-state index in [9.17, 15) is 14.4 Å². The number of aryl methyl sites for hydroxylation is 2. The second-order valence-corrected chi connectivity index (χ2v) is 8.72. The van der Waals surface area contributed by atoms with Crippen LogP contribution < -0.4 is 0 Å². The average molecular weight is 433 g/mol. The fourth-order valence-corrected chi connectivity index (χ4v) is 4.95. The van der Waals surface area contributed by atoms with E-state index in [1.807, 2.05) is 26.0 Å². The SMILES string of the molecule is CCOC(=O)/C=C1\SCC(=O)N1CC(=O)c1cc(C)n(CCc2cccs2)c1C. The third kappa shape index (κ3) is 5.00. The van der Waals surface area contributed by atoms with Gasteiger partial charge in [-0.2, -0.15) is 0 Å². The highest BCUT2D eigenvalue weighted by atomic mass is 32.2. The van der Waals surface area contributed by atoms with Crippen LogP contribution in [-0.4, -0.2) is 46.0 Å². The summed E-state index contributed by atoms with van der Waals surface area (Å²) in [5.74, 6) is -0.594. The lowest BCUT2D eigenvalue weighted by atomic mass is 10.1. The van der Waals surface area contributed by atoms with Gasteiger partial charge < -0.3 is 9.30 Å². The minimum atomic E-state index is -0.506. The van der Waals surface area contributed by atoms with E-state index in [4.69, 9.17) is 4.74 Å². The van der Waals surface area contributed by atoms with Crippen molar-refractivity contribution in [1.29, 1.82) is 0 Å². The fourth-order valence-electron chi connectivity index (χ4n) is 3.32. The van der Waals surface area contributed by atoms with E-state index < -0.39 is 5.97 Å². The number of amides is 1. The standard InChI is InChI=1S/C21H24N2O4S2/c1-4-27-21(26)11-20-23(19(25)13-29-20)12-18(24)17-10-14(2)22(15(17)3)8-7-16-6-5-9-28-16/h5-6,9-11H,4,7-8,12-13H2,1-3H3/b20-11-. The molecular weight excluding hydrogens is 408 g/mol. The van der Waals surface area contributed by atoms with E-state index >= 15 is 0 Å². The zero-order chi connectivity index (χ0) is 21.0. The van der Waals surface area contributed by atoms with Crippen LogP contribution in [0.25, 0.3) is 0 Å². The Morgan fingerprint density at radius 3 is 2.79 bits per heavy atom. The summed E-state index contributed by atoms with van der Waals surface area (Å²) in [5.41, 5.74) is 2.54. The van der Waals surface area contributed by atoms with Crippen molar-refractivity contribution in [3.05, 3.63) is 56.5 Å². The molecule has 2 aromatic heterocycles. The number of Topliss-reactive ketones (excluding diaryl/α,β-unsaturated/α-hetero) is 1. The Bertz CT molecular complexity index is 944. The monoisotopic (exact) mass is 432 g/mol. The summed E-state index contributed by atoms with van der Waals surface area (Å²) >= 11 is 2.98. The van der Waals surface area contributed by atoms with Gasteiger partial charge in [0, 0.05) is 28.4 Å². The lowest BCUT2D eigenvalue weighted by Gasteiger charge is -2.16. The molecule has 0 saturated carbocycles. The van der Waals surface area contributed by atoms with Crippen LogP contribution in [0.2, 0.25) is 0 Å². The molecule has 154 valence electrons. The summed E-state index contributed by atoms with van der Waals surface area (Å²) in [6.07, 6.45) is 2.20. The number of thiophene rings is 1. The Morgan fingerprint density at radius 1 is 1.31 bits per heavy atom. The predicted octanol–water partition coefficient (Wildman–Crippen LogP) is 3.57. The largest absolute Gasteiger partial charge is 0.463 e. The maximum atomic E-state index is 13.0. The number of carbonyl (C=O) groups excluding carboxylic acids is 3. The Balaban J connectivity index is 1.73. The van der Waals surface area contributed by atoms with Crippen molar-refractivity contribution in [3.63, 3.8) is 0 Å². The van der Waals surface area contributed by atoms with E-state index in [0.29, 0.717) is 10.6 Å². The number of thioether (sulfide) groups is 1. The van der Waals surface area contributed by atoms with Gasteiger partial charge in [-0.15, -0.1) is 11.3 Å². The summed E-state index contributed by atoms with van der Waals surface area (Å²) in [5, 5.41) is 2.53. The minimum Gasteiger partial charge on any atom is -0.463 e. The molecule has 3 heterocycles. The molecule has 2 aromatic rings. The number of rotatable bonds is 8. The third-order valence-electron chi connectivity index (χ3n) is 4.78. The van der Waals surface area contributed by atoms with Gasteiger partial charge >= 0.3 is 5.97 Å². The van der Waals surface area contributed by atoms with Crippen molar-refractivity contribution >= 4 is 40.8 Å². The second kappa shape index (κ2) is 9.45. The van der Waals surface area contributed by atoms with Crippen molar-refractivity contribution in [2.75, 3.05) is 18.9 Å². The number of ketones is 1. The van der Waals surface area contributed by atoms with Gasteiger partial charge in [0.2, 0.25) is 5.91 Å². The van der Waals surface area contributed by atoms with Crippen LogP contribution in [0.3, 0.4) is 0 Å². The van der Waals surface area contributed by atoms with Gasteiger partial charge in [0.15, 0.2) is 5.78 Å². The topological polar surface area (TPSA) is 68.6 Å². The van der Waals surface area contributed by atoms with Crippen molar-refractivity contribution in [2.45, 2.75) is 33.7 Å². The van der Waals surface area contributed by atoms with Gasteiger partial charge in [0.05, 0.1) is 30.0 Å². The molecule has 0 unspecified atom stereocenters. The summed E-state index contributed by atoms with van der Waals surface area (Å²) < 4.78 is 7.06. The van der Waals surface area contributed by atoms with Crippen LogP contribution >= 0.6 is 23.1 Å². The van der Waals surface area contributed by atoms with Crippen LogP contribution in [0, 0.1) is 13.8 Å². The highest BCUT2D eigenvalue weighted by Gasteiger charge is 2.30. The van der Waals surface area contributed by atoms with Crippen LogP contribution in [0.5, 0.6) is 0 Å². The molecule has 8 heteroatoms. The summed E-state index contributed by atoms with van der Waals surface area (Å²) in [7, 11) is 0. The summed E-state index contributed by atoms with van der Waals surface area (Å²) in [6.45, 7) is 6.63. The Kier molecular flexibility index (Phi) is 6.97. The van der Waals surface area contributed by atoms with Crippen LogP contribution in [0.4, 0.5) is 0 Å². The van der Waals surface area contributed by atoms with E-state index in [1.54, 1.807) is 18.3 Å². The van der Waals surface area contributed by atoms with Crippen molar-refractivity contribution < 1.29 is 19.1 Å². The number of ether oxygens (including phenoxy) is 1. The second-order valence-electron chi connectivity index (χ2n) is 6.69. The lowest BCUT2D eigenvalue weighted by molar-refractivity contribution is -0.137. The number of carbonyl (C=O) groups is 3. The molecule has 6 nitrogen and oxygen atoms in total. The van der Waals surface area contributed by atoms with Crippen LogP contribution in [0.1, 0.15) is 33.5 Å². The molecule has 29 heavy (non-hydrogen) atoms. The number of hydrogen-bond acceptors (Lipinski definition) is 6. The molecule has 0 N–H and O–H groups in total. The molecule has 0 spiro atoms. The Labute approximate surface area is 178 Å². The first-order valence-corrected chi connectivity index (χ1v) is 11.3. The molecule has 0 aromatic carbocycles. The van der Waals surface area contributed by atoms with Crippen molar-refractivity contribution in [3.8, 4) is 0 Å². The molecule has 0 bridgehead atoms. The van der Waals surface area contributed by atoms with Crippen LogP contribution in [-0.2, 0) is 27.3 Å². The molecule has 3 rings (SSSR count). The molecule has 0 radical (unpaired) electrons. The highest BCUT2D eigenvalue weighted by molar-refractivity contribution is 8.04. The third-order valence-corrected chi connectivity index (χ3v) is 6.74. The van der Waals surface area contributed by atoms with Crippen molar-refractivity contribution in [1.82, 2.24) is 9.47 Å². The summed E-state index contributed by atoms with van der Waals surface area (Å²) in [6, 6.07) is 6.03. The highest BCUT2D eigenvalue weighted by Crippen LogP contribution is 2.29. The number of hydrogen-bond donors (Lipinski definition) is 0. The quantitative estimate of drug-likeness (QED) is 0.362. The predicted molar refractivity (Wildman–Crippen MR) is 115 cm³/mol. The van der Waals surface area contributed by atoms with Gasteiger partial charge in [-0.1, -0.05) is 17.8 Å². The first-order valence-electron chi connectivity index (χ1n) is 9.44. The first kappa shape index (κ1) is 21.4. The van der Waals surface area contributed by atoms with Crippen LogP contribution in [0.15, 0.2) is 34.7 Å². The number of esters is 1. The van der Waals surface area contributed by atoms with E-state index in [0.717, 1.165) is 24.4 Å². The summed E-state index contributed by atoms with van der Waals surface area (Å²) in [4.78, 5) is 39.6. The van der Waals surface area contributed by atoms with Gasteiger partial charge in [0.25, 0.3) is 0 Å². The van der Waals surface area contributed by atoms with E-state index in [2.05, 4.69) is 16.0 Å². The smallest absolute Gasteiger partial charge is 0.333 e. The fraction of sp³-hybridized carbons (Fsp3) is 0.381. The Hall–Kier alpha value is -2.32. The molecule has 1 saturated heterocycles.